The molecule has 2 atom stereocenters. The molecular weight excluding hydrogens is 316 g/mol. The molecule has 3 nitrogen and oxygen atoms in total. The summed E-state index contributed by atoms with van der Waals surface area (Å²) in [4.78, 5) is 2.53. The molecule has 1 fully saturated rings. The molecule has 0 aromatic heterocycles. The minimum absolute atomic E-state index is 0.368. The fraction of sp³-hybridized carbons (Fsp3) is 0.625. The van der Waals surface area contributed by atoms with E-state index in [0.717, 1.165) is 22.7 Å². The third-order valence-electron chi connectivity index (χ3n) is 4.21. The minimum atomic E-state index is 0.368. The third-order valence-corrected chi connectivity index (χ3v) is 4.83. The van der Waals surface area contributed by atoms with Gasteiger partial charge in [-0.25, -0.2) is 0 Å². The zero-order chi connectivity index (χ0) is 14.5. The molecule has 2 rings (SSSR count). The molecule has 2 unspecified atom stereocenters. The molecule has 0 bridgehead atoms. The lowest BCUT2D eigenvalue weighted by Crippen LogP contribution is -2.28. The van der Waals surface area contributed by atoms with Crippen molar-refractivity contribution in [1.29, 1.82) is 0 Å². The summed E-state index contributed by atoms with van der Waals surface area (Å²) < 4.78 is 6.29. The van der Waals surface area contributed by atoms with E-state index in [1.165, 1.54) is 31.6 Å². The number of nitrogens with one attached hydrogen (secondary N) is 1. The number of hydrogen-bond acceptors (Lipinski definition) is 3. The van der Waals surface area contributed by atoms with Gasteiger partial charge in [0.1, 0.15) is 5.75 Å². The molecule has 0 radical (unpaired) electrons. The molecule has 4 heteroatoms. The monoisotopic (exact) mass is 340 g/mol. The number of ether oxygens (including phenoxy) is 1. The first-order valence-electron chi connectivity index (χ1n) is 7.43. The van der Waals surface area contributed by atoms with E-state index >= 15 is 0 Å². The van der Waals surface area contributed by atoms with Gasteiger partial charge in [-0.2, -0.15) is 0 Å². The molecule has 0 saturated carbocycles. The van der Waals surface area contributed by atoms with Gasteiger partial charge in [0.15, 0.2) is 0 Å². The van der Waals surface area contributed by atoms with Gasteiger partial charge in [-0.1, -0.05) is 13.0 Å². The highest BCUT2D eigenvalue weighted by Gasteiger charge is 2.21. The average molecular weight is 341 g/mol. The van der Waals surface area contributed by atoms with Crippen LogP contribution in [0.4, 0.5) is 0 Å². The van der Waals surface area contributed by atoms with Gasteiger partial charge in [-0.15, -0.1) is 0 Å². The topological polar surface area (TPSA) is 24.5 Å². The normalized spacial score (nSPS) is 21.1. The molecule has 0 spiro atoms. The Morgan fingerprint density at radius 3 is 2.90 bits per heavy atom. The van der Waals surface area contributed by atoms with Crippen LogP contribution < -0.4 is 10.1 Å². The van der Waals surface area contributed by atoms with Crippen LogP contribution >= 0.6 is 15.9 Å². The average Bonchev–Trinajstić information content (AvgIpc) is 2.92. The van der Waals surface area contributed by atoms with Crippen molar-refractivity contribution in [3.8, 4) is 5.75 Å². The molecule has 1 N–H and O–H groups in total. The Morgan fingerprint density at radius 1 is 1.50 bits per heavy atom. The van der Waals surface area contributed by atoms with Crippen LogP contribution in [-0.4, -0.2) is 38.2 Å². The standard InChI is InChI=1S/C16H25BrN2O/c1-4-19-8-7-13(11-19)10-18-12(2)14-5-6-16(20-3)15(17)9-14/h5-6,9,12-13,18H,4,7-8,10-11H2,1-3H3. The Balaban J connectivity index is 1.85. The second kappa shape index (κ2) is 7.43. The summed E-state index contributed by atoms with van der Waals surface area (Å²) in [6, 6.07) is 6.66. The van der Waals surface area contributed by atoms with Gasteiger partial charge in [-0.3, -0.25) is 0 Å². The summed E-state index contributed by atoms with van der Waals surface area (Å²) >= 11 is 3.55. The van der Waals surface area contributed by atoms with Crippen molar-refractivity contribution in [2.45, 2.75) is 26.3 Å². The van der Waals surface area contributed by atoms with Crippen LogP contribution in [0, 0.1) is 5.92 Å². The van der Waals surface area contributed by atoms with Crippen LogP contribution in [0.25, 0.3) is 0 Å². The molecule has 0 amide bonds. The van der Waals surface area contributed by atoms with Crippen molar-refractivity contribution in [1.82, 2.24) is 10.2 Å². The Bertz CT molecular complexity index is 438. The molecule has 0 aliphatic carbocycles. The highest BCUT2D eigenvalue weighted by atomic mass is 79.9. The Morgan fingerprint density at radius 2 is 2.30 bits per heavy atom. The van der Waals surface area contributed by atoms with Crippen molar-refractivity contribution in [2.75, 3.05) is 33.3 Å². The summed E-state index contributed by atoms with van der Waals surface area (Å²) in [6.07, 6.45) is 1.32. The van der Waals surface area contributed by atoms with E-state index in [2.05, 4.69) is 52.1 Å². The number of likely N-dealkylation sites (tertiary alicyclic amines) is 1. The molecule has 1 heterocycles. The molecule has 1 aromatic rings. The number of rotatable bonds is 6. The predicted molar refractivity (Wildman–Crippen MR) is 87.3 cm³/mol. The Kier molecular flexibility index (Phi) is 5.87. The fourth-order valence-corrected chi connectivity index (χ4v) is 3.34. The fourth-order valence-electron chi connectivity index (χ4n) is 2.78. The van der Waals surface area contributed by atoms with Crippen LogP contribution in [-0.2, 0) is 0 Å². The highest BCUT2D eigenvalue weighted by Crippen LogP contribution is 2.28. The SMILES string of the molecule is CCN1CCC(CNC(C)c2ccc(OC)c(Br)c2)C1. The lowest BCUT2D eigenvalue weighted by atomic mass is 10.1. The summed E-state index contributed by atoms with van der Waals surface area (Å²) in [6.45, 7) is 9.24. The smallest absolute Gasteiger partial charge is 0.133 e. The van der Waals surface area contributed by atoms with Crippen molar-refractivity contribution in [3.05, 3.63) is 28.2 Å². The lowest BCUT2D eigenvalue weighted by molar-refractivity contribution is 0.336. The lowest BCUT2D eigenvalue weighted by Gasteiger charge is -2.19. The van der Waals surface area contributed by atoms with E-state index in [0.29, 0.717) is 6.04 Å². The minimum Gasteiger partial charge on any atom is -0.496 e. The largest absolute Gasteiger partial charge is 0.496 e. The first-order chi connectivity index (χ1) is 9.63. The van der Waals surface area contributed by atoms with Crippen LogP contribution in [0.5, 0.6) is 5.75 Å². The predicted octanol–water partition coefficient (Wildman–Crippen LogP) is 3.45. The number of hydrogen-bond donors (Lipinski definition) is 1. The van der Waals surface area contributed by atoms with Crippen molar-refractivity contribution in [3.63, 3.8) is 0 Å². The van der Waals surface area contributed by atoms with E-state index in [9.17, 15) is 0 Å². The molecule has 1 aliphatic heterocycles. The van der Waals surface area contributed by atoms with Crippen LogP contribution in [0.15, 0.2) is 22.7 Å². The maximum absolute atomic E-state index is 5.27. The van der Waals surface area contributed by atoms with Gasteiger partial charge < -0.3 is 15.0 Å². The van der Waals surface area contributed by atoms with Crippen LogP contribution in [0.3, 0.4) is 0 Å². The molecule has 1 saturated heterocycles. The summed E-state index contributed by atoms with van der Waals surface area (Å²) in [7, 11) is 1.70. The van der Waals surface area contributed by atoms with Crippen molar-refractivity contribution >= 4 is 15.9 Å². The van der Waals surface area contributed by atoms with Gasteiger partial charge in [0.25, 0.3) is 0 Å². The van der Waals surface area contributed by atoms with Crippen LogP contribution in [0.2, 0.25) is 0 Å². The number of benzene rings is 1. The van der Waals surface area contributed by atoms with Crippen LogP contribution in [0.1, 0.15) is 31.9 Å². The maximum atomic E-state index is 5.27. The van der Waals surface area contributed by atoms with E-state index in [4.69, 9.17) is 4.74 Å². The number of nitrogens with zero attached hydrogens (tertiary/aromatic N) is 1. The van der Waals surface area contributed by atoms with E-state index in [1.807, 2.05) is 6.07 Å². The number of halogens is 1. The maximum Gasteiger partial charge on any atom is 0.133 e. The van der Waals surface area contributed by atoms with Gasteiger partial charge in [0.05, 0.1) is 11.6 Å². The van der Waals surface area contributed by atoms with Crippen molar-refractivity contribution < 1.29 is 4.74 Å². The first kappa shape index (κ1) is 15.8. The summed E-state index contributed by atoms with van der Waals surface area (Å²) in [5.41, 5.74) is 1.29. The second-order valence-electron chi connectivity index (χ2n) is 5.57. The summed E-state index contributed by atoms with van der Waals surface area (Å²) in [5, 5.41) is 3.66. The van der Waals surface area contributed by atoms with E-state index < -0.39 is 0 Å². The second-order valence-corrected chi connectivity index (χ2v) is 6.43. The molecule has 112 valence electrons. The highest BCUT2D eigenvalue weighted by molar-refractivity contribution is 9.10. The third kappa shape index (κ3) is 3.96. The zero-order valence-electron chi connectivity index (χ0n) is 12.7. The first-order valence-corrected chi connectivity index (χ1v) is 8.22. The summed E-state index contributed by atoms with van der Waals surface area (Å²) in [5.74, 6) is 1.68. The molecule has 1 aromatic carbocycles. The quantitative estimate of drug-likeness (QED) is 0.858. The van der Waals surface area contributed by atoms with E-state index in [-0.39, 0.29) is 0 Å². The zero-order valence-corrected chi connectivity index (χ0v) is 14.2. The molecule has 20 heavy (non-hydrogen) atoms. The number of methoxy groups -OCH3 is 1. The Hall–Kier alpha value is -0.580. The van der Waals surface area contributed by atoms with E-state index in [1.54, 1.807) is 7.11 Å². The molecule has 1 aliphatic rings. The van der Waals surface area contributed by atoms with Crippen molar-refractivity contribution in [2.24, 2.45) is 5.92 Å². The molecular formula is C16H25BrN2O. The van der Waals surface area contributed by atoms with Gasteiger partial charge in [0, 0.05) is 12.6 Å². The Labute approximate surface area is 130 Å². The van der Waals surface area contributed by atoms with Gasteiger partial charge in [-0.05, 0) is 72.5 Å². The van der Waals surface area contributed by atoms with Gasteiger partial charge >= 0.3 is 0 Å². The van der Waals surface area contributed by atoms with Gasteiger partial charge in [0.2, 0.25) is 0 Å².